The van der Waals surface area contributed by atoms with Crippen LogP contribution in [0.3, 0.4) is 0 Å². The van der Waals surface area contributed by atoms with E-state index >= 15 is 0 Å². The highest BCUT2D eigenvalue weighted by Crippen LogP contribution is 2.22. The molecule has 0 radical (unpaired) electrons. The number of allylic oxidation sites excluding steroid dienone is 1. The summed E-state index contributed by atoms with van der Waals surface area (Å²) in [6.07, 6.45) is -4.39. The van der Waals surface area contributed by atoms with E-state index in [1.807, 2.05) is 0 Å². The minimum Gasteiger partial charge on any atom is -0.497 e. The van der Waals surface area contributed by atoms with Gasteiger partial charge >= 0.3 is 12.1 Å². The summed E-state index contributed by atoms with van der Waals surface area (Å²) in [5.41, 5.74) is 0.941. The molecule has 0 aliphatic rings. The molecular formula is C17H18F3NO5. The first-order valence-corrected chi connectivity index (χ1v) is 7.51. The van der Waals surface area contributed by atoms with Crippen LogP contribution in [0.4, 0.5) is 18.9 Å². The first kappa shape index (κ1) is 21.2. The molecule has 0 aliphatic carbocycles. The van der Waals surface area contributed by atoms with Gasteiger partial charge in [0.05, 0.1) is 13.7 Å². The molecule has 0 spiro atoms. The maximum atomic E-state index is 12.3. The van der Waals surface area contributed by atoms with Crippen LogP contribution < -0.4 is 10.1 Å². The number of esters is 1. The molecule has 1 aromatic carbocycles. The Morgan fingerprint density at radius 2 is 1.92 bits per heavy atom. The van der Waals surface area contributed by atoms with E-state index in [-0.39, 0.29) is 12.7 Å². The second-order valence-electron chi connectivity index (χ2n) is 5.12. The third-order valence-corrected chi connectivity index (χ3v) is 3.23. The van der Waals surface area contributed by atoms with Gasteiger partial charge in [0.2, 0.25) is 5.91 Å². The predicted octanol–water partition coefficient (Wildman–Crippen LogP) is 2.81. The largest absolute Gasteiger partial charge is 0.497 e. The maximum absolute atomic E-state index is 12.3. The van der Waals surface area contributed by atoms with Crippen LogP contribution in [0.5, 0.6) is 5.75 Å². The number of amides is 1. The number of carbonyl (C=O) groups excluding carboxylic acids is 3. The molecular weight excluding hydrogens is 355 g/mol. The van der Waals surface area contributed by atoms with Crippen molar-refractivity contribution < 1.29 is 37.0 Å². The molecule has 1 N–H and O–H groups in total. The Labute approximate surface area is 148 Å². The molecule has 0 heterocycles. The van der Waals surface area contributed by atoms with Crippen molar-refractivity contribution in [3.63, 3.8) is 0 Å². The highest BCUT2D eigenvalue weighted by Gasteiger charge is 2.37. The number of hydrogen-bond donors (Lipinski definition) is 1. The van der Waals surface area contributed by atoms with Crippen molar-refractivity contribution in [3.8, 4) is 5.75 Å². The van der Waals surface area contributed by atoms with Crippen LogP contribution in [-0.4, -0.2) is 37.6 Å². The number of nitrogens with one attached hydrogen (secondary N) is 1. The van der Waals surface area contributed by atoms with Crippen molar-refractivity contribution in [2.45, 2.75) is 20.0 Å². The molecule has 1 rings (SSSR count). The van der Waals surface area contributed by atoms with Crippen molar-refractivity contribution >= 4 is 23.3 Å². The number of carbonyl (C=O) groups is 3. The number of anilines is 1. The fourth-order valence-electron chi connectivity index (χ4n) is 1.90. The number of alkyl halides is 3. The van der Waals surface area contributed by atoms with Gasteiger partial charge in [0.15, 0.2) is 5.92 Å². The fraction of sp³-hybridized carbons (Fsp3) is 0.353. The lowest BCUT2D eigenvalue weighted by Crippen LogP contribution is -2.30. The number of rotatable bonds is 7. The molecule has 26 heavy (non-hydrogen) atoms. The number of aryl methyl sites for hydroxylation is 1. The highest BCUT2D eigenvalue weighted by molar-refractivity contribution is 6.07. The van der Waals surface area contributed by atoms with E-state index in [0.717, 1.165) is 0 Å². The fourth-order valence-corrected chi connectivity index (χ4v) is 1.90. The standard InChI is InChI=1S/C17H18F3NO5/c1-4-26-16(24)12(6-8-14(22)17(18,19)20)15(23)21-13-7-5-11(25-3)9-10(13)2/h5-9,12H,4H2,1-3H3,(H,21,23)/b8-6+. The highest BCUT2D eigenvalue weighted by atomic mass is 19.4. The van der Waals surface area contributed by atoms with Crippen LogP contribution in [0.1, 0.15) is 12.5 Å². The van der Waals surface area contributed by atoms with Crippen LogP contribution >= 0.6 is 0 Å². The predicted molar refractivity (Wildman–Crippen MR) is 86.7 cm³/mol. The summed E-state index contributed by atoms with van der Waals surface area (Å²) in [7, 11) is 1.46. The zero-order valence-electron chi connectivity index (χ0n) is 14.3. The average Bonchev–Trinajstić information content (AvgIpc) is 2.56. The molecule has 1 atom stereocenters. The molecule has 0 aromatic heterocycles. The quantitative estimate of drug-likeness (QED) is 0.452. The van der Waals surface area contributed by atoms with Crippen LogP contribution in [-0.2, 0) is 19.1 Å². The van der Waals surface area contributed by atoms with Gasteiger partial charge in [0.25, 0.3) is 5.78 Å². The molecule has 6 nitrogen and oxygen atoms in total. The average molecular weight is 373 g/mol. The van der Waals surface area contributed by atoms with E-state index in [9.17, 15) is 27.6 Å². The number of methoxy groups -OCH3 is 1. The van der Waals surface area contributed by atoms with Gasteiger partial charge in [-0.2, -0.15) is 13.2 Å². The number of halogens is 3. The first-order chi connectivity index (χ1) is 12.1. The third-order valence-electron chi connectivity index (χ3n) is 3.23. The van der Waals surface area contributed by atoms with Crippen molar-refractivity contribution in [1.82, 2.24) is 0 Å². The Morgan fingerprint density at radius 1 is 1.27 bits per heavy atom. The van der Waals surface area contributed by atoms with Gasteiger partial charge in [-0.15, -0.1) is 0 Å². The first-order valence-electron chi connectivity index (χ1n) is 7.51. The van der Waals surface area contributed by atoms with Crippen LogP contribution in [0.25, 0.3) is 0 Å². The Kier molecular flexibility index (Phi) is 7.36. The van der Waals surface area contributed by atoms with Gasteiger partial charge in [-0.3, -0.25) is 14.4 Å². The lowest BCUT2D eigenvalue weighted by molar-refractivity contribution is -0.165. The molecule has 1 aromatic rings. The summed E-state index contributed by atoms with van der Waals surface area (Å²) in [4.78, 5) is 35.1. The number of ether oxygens (including phenoxy) is 2. The summed E-state index contributed by atoms with van der Waals surface area (Å²) in [6.45, 7) is 3.07. The molecule has 142 valence electrons. The lowest BCUT2D eigenvalue weighted by atomic mass is 10.1. The normalized spacial score (nSPS) is 12.5. The summed E-state index contributed by atoms with van der Waals surface area (Å²) in [5.74, 6) is -5.34. The molecule has 0 saturated heterocycles. The van der Waals surface area contributed by atoms with Gasteiger partial charge in [-0.05, 0) is 43.7 Å². The topological polar surface area (TPSA) is 81.7 Å². The lowest BCUT2D eigenvalue weighted by Gasteiger charge is -2.14. The van der Waals surface area contributed by atoms with Crippen molar-refractivity contribution in [2.75, 3.05) is 19.0 Å². The van der Waals surface area contributed by atoms with Crippen molar-refractivity contribution in [2.24, 2.45) is 5.92 Å². The smallest absolute Gasteiger partial charge is 0.454 e. The third kappa shape index (κ3) is 5.91. The molecule has 0 bridgehead atoms. The minimum absolute atomic E-state index is 0.0781. The second kappa shape index (κ2) is 9.02. The Balaban J connectivity index is 3.03. The van der Waals surface area contributed by atoms with Gasteiger partial charge in [-0.25, -0.2) is 0 Å². The van der Waals surface area contributed by atoms with Gasteiger partial charge in [0.1, 0.15) is 5.75 Å². The van der Waals surface area contributed by atoms with Gasteiger partial charge in [0, 0.05) is 5.69 Å². The van der Waals surface area contributed by atoms with Crippen molar-refractivity contribution in [1.29, 1.82) is 0 Å². The zero-order chi connectivity index (χ0) is 19.9. The molecule has 1 amide bonds. The van der Waals surface area contributed by atoms with Gasteiger partial charge in [-0.1, -0.05) is 6.08 Å². The number of hydrogen-bond acceptors (Lipinski definition) is 5. The Hall–Kier alpha value is -2.84. The van der Waals surface area contributed by atoms with E-state index in [0.29, 0.717) is 23.1 Å². The number of benzene rings is 1. The zero-order valence-corrected chi connectivity index (χ0v) is 14.3. The molecule has 0 saturated carbocycles. The number of ketones is 1. The van der Waals surface area contributed by atoms with Crippen LogP contribution in [0.2, 0.25) is 0 Å². The molecule has 1 unspecified atom stereocenters. The Morgan fingerprint density at radius 3 is 2.42 bits per heavy atom. The van der Waals surface area contributed by atoms with E-state index in [2.05, 4.69) is 10.1 Å². The molecule has 9 heteroatoms. The van der Waals surface area contributed by atoms with Crippen LogP contribution in [0, 0.1) is 12.8 Å². The van der Waals surface area contributed by atoms with E-state index in [1.165, 1.54) is 20.1 Å². The van der Waals surface area contributed by atoms with E-state index < -0.39 is 29.8 Å². The van der Waals surface area contributed by atoms with Crippen molar-refractivity contribution in [3.05, 3.63) is 35.9 Å². The summed E-state index contributed by atoms with van der Waals surface area (Å²) in [6, 6.07) is 4.70. The Bertz CT molecular complexity index is 713. The molecule has 0 aliphatic heterocycles. The summed E-state index contributed by atoms with van der Waals surface area (Å²) < 4.78 is 46.6. The molecule has 0 fully saturated rings. The maximum Gasteiger partial charge on any atom is 0.454 e. The second-order valence-corrected chi connectivity index (χ2v) is 5.12. The van der Waals surface area contributed by atoms with Gasteiger partial charge < -0.3 is 14.8 Å². The van der Waals surface area contributed by atoms with E-state index in [4.69, 9.17) is 4.74 Å². The van der Waals surface area contributed by atoms with Crippen LogP contribution in [0.15, 0.2) is 30.4 Å². The van der Waals surface area contributed by atoms with E-state index in [1.54, 1.807) is 19.1 Å². The monoisotopic (exact) mass is 373 g/mol. The SMILES string of the molecule is CCOC(=O)C(/C=C/C(=O)C(F)(F)F)C(=O)Nc1ccc(OC)cc1C. The summed E-state index contributed by atoms with van der Waals surface area (Å²) in [5, 5.41) is 2.42. The summed E-state index contributed by atoms with van der Waals surface area (Å²) >= 11 is 0. The minimum atomic E-state index is -5.10.